The van der Waals surface area contributed by atoms with Crippen LogP contribution in [0.4, 0.5) is 5.69 Å². The van der Waals surface area contributed by atoms with Gasteiger partial charge in [0.15, 0.2) is 5.96 Å². The lowest BCUT2D eigenvalue weighted by molar-refractivity contribution is -0.116. The highest BCUT2D eigenvalue weighted by atomic mass is 127. The second kappa shape index (κ2) is 12.2. The molecule has 1 aromatic heterocycles. The first-order valence-corrected chi connectivity index (χ1v) is 9.59. The Labute approximate surface area is 183 Å². The summed E-state index contributed by atoms with van der Waals surface area (Å²) in [5.74, 6) is 0.647. The molecule has 0 bridgehead atoms. The van der Waals surface area contributed by atoms with Crippen molar-refractivity contribution in [1.82, 2.24) is 15.6 Å². The number of rotatable bonds is 7. The van der Waals surface area contributed by atoms with Crippen molar-refractivity contribution in [2.24, 2.45) is 4.99 Å². The number of benzene rings is 1. The number of amides is 1. The lowest BCUT2D eigenvalue weighted by Gasteiger charge is -2.11. The lowest BCUT2D eigenvalue weighted by Crippen LogP contribution is -2.39. The molecule has 0 atom stereocenters. The van der Waals surface area contributed by atoms with Crippen molar-refractivity contribution in [3.05, 3.63) is 44.8 Å². The molecule has 0 saturated carbocycles. The minimum atomic E-state index is -0.0384. The van der Waals surface area contributed by atoms with Crippen molar-refractivity contribution in [3.8, 4) is 0 Å². The second-order valence-corrected chi connectivity index (χ2v) is 7.58. The van der Waals surface area contributed by atoms with E-state index in [0.29, 0.717) is 18.9 Å². The average molecular weight is 552 g/mol. The summed E-state index contributed by atoms with van der Waals surface area (Å²) < 4.78 is 0.981. The molecule has 2 aromatic rings. The maximum absolute atomic E-state index is 11.9. The topological polar surface area (TPSA) is 78.4 Å². The molecule has 0 aliphatic rings. The molecular formula is C17H23BrIN5OS. The lowest BCUT2D eigenvalue weighted by atomic mass is 10.3. The van der Waals surface area contributed by atoms with E-state index in [1.165, 1.54) is 4.88 Å². The fourth-order valence-electron chi connectivity index (χ4n) is 2.08. The molecule has 9 heteroatoms. The summed E-state index contributed by atoms with van der Waals surface area (Å²) in [6, 6.07) is 7.50. The zero-order valence-electron chi connectivity index (χ0n) is 14.7. The summed E-state index contributed by atoms with van der Waals surface area (Å²) in [7, 11) is 1.71. The number of hydrogen-bond acceptors (Lipinski definition) is 4. The standard InChI is InChI=1S/C17H22BrN5OS.HI/c1-12-11-22-16(25-12)8-10-21-17(19-2)20-9-7-15(24)23-14-5-3-13(18)4-6-14;/h3-6,11H,7-10H2,1-2H3,(H,23,24)(H2,19,20,21);1H. The molecule has 1 heterocycles. The van der Waals surface area contributed by atoms with E-state index in [2.05, 4.69) is 48.8 Å². The Bertz CT molecular complexity index is 720. The highest BCUT2D eigenvalue weighted by molar-refractivity contribution is 14.0. The highest BCUT2D eigenvalue weighted by Gasteiger charge is 2.04. The maximum Gasteiger partial charge on any atom is 0.226 e. The summed E-state index contributed by atoms with van der Waals surface area (Å²) in [6.45, 7) is 3.31. The van der Waals surface area contributed by atoms with Crippen LogP contribution in [0, 0.1) is 6.92 Å². The fraction of sp³-hybridized carbons (Fsp3) is 0.353. The number of thiazole rings is 1. The number of anilines is 1. The van der Waals surface area contributed by atoms with Crippen LogP contribution >= 0.6 is 51.2 Å². The minimum Gasteiger partial charge on any atom is -0.356 e. The van der Waals surface area contributed by atoms with Crippen molar-refractivity contribution in [1.29, 1.82) is 0 Å². The number of nitrogens with one attached hydrogen (secondary N) is 3. The van der Waals surface area contributed by atoms with Crippen LogP contribution in [0.25, 0.3) is 0 Å². The number of guanidine groups is 1. The van der Waals surface area contributed by atoms with Crippen LogP contribution < -0.4 is 16.0 Å². The predicted octanol–water partition coefficient (Wildman–Crippen LogP) is 3.57. The first kappa shape index (κ1) is 22.8. The molecule has 26 heavy (non-hydrogen) atoms. The number of aromatic nitrogens is 1. The van der Waals surface area contributed by atoms with Gasteiger partial charge in [-0.2, -0.15) is 0 Å². The largest absolute Gasteiger partial charge is 0.356 e. The monoisotopic (exact) mass is 551 g/mol. The fourth-order valence-corrected chi connectivity index (χ4v) is 3.13. The summed E-state index contributed by atoms with van der Waals surface area (Å²) in [4.78, 5) is 21.6. The van der Waals surface area contributed by atoms with Gasteiger partial charge in [0.25, 0.3) is 0 Å². The van der Waals surface area contributed by atoms with Crippen LogP contribution in [0.2, 0.25) is 0 Å². The van der Waals surface area contributed by atoms with Crippen LogP contribution in [0.15, 0.2) is 39.9 Å². The zero-order chi connectivity index (χ0) is 18.1. The molecule has 0 radical (unpaired) electrons. The van der Waals surface area contributed by atoms with Crippen molar-refractivity contribution < 1.29 is 4.79 Å². The summed E-state index contributed by atoms with van der Waals surface area (Å²) >= 11 is 5.07. The third kappa shape index (κ3) is 8.45. The number of carbonyl (C=O) groups excluding carboxylic acids is 1. The molecule has 0 saturated heterocycles. The smallest absolute Gasteiger partial charge is 0.226 e. The minimum absolute atomic E-state index is 0. The molecule has 2 rings (SSSR count). The van der Waals surface area contributed by atoms with Gasteiger partial charge in [-0.25, -0.2) is 4.98 Å². The first-order chi connectivity index (χ1) is 12.1. The van der Waals surface area contributed by atoms with Gasteiger partial charge in [-0.3, -0.25) is 9.79 Å². The van der Waals surface area contributed by atoms with Crippen LogP contribution in [0.1, 0.15) is 16.3 Å². The van der Waals surface area contributed by atoms with E-state index in [-0.39, 0.29) is 29.9 Å². The number of aryl methyl sites for hydroxylation is 1. The van der Waals surface area contributed by atoms with E-state index in [0.717, 1.165) is 28.1 Å². The molecule has 6 nitrogen and oxygen atoms in total. The van der Waals surface area contributed by atoms with Gasteiger partial charge < -0.3 is 16.0 Å². The third-order valence-corrected chi connectivity index (χ3v) is 4.80. The van der Waals surface area contributed by atoms with E-state index < -0.39 is 0 Å². The number of halogens is 2. The second-order valence-electron chi connectivity index (χ2n) is 5.35. The molecule has 1 amide bonds. The third-order valence-electron chi connectivity index (χ3n) is 3.30. The number of nitrogens with zero attached hydrogens (tertiary/aromatic N) is 2. The van der Waals surface area contributed by atoms with Gasteiger partial charge in [0.2, 0.25) is 5.91 Å². The molecule has 0 unspecified atom stereocenters. The Kier molecular flexibility index (Phi) is 10.7. The molecule has 0 aliphatic heterocycles. The summed E-state index contributed by atoms with van der Waals surface area (Å²) in [6.07, 6.45) is 3.10. The van der Waals surface area contributed by atoms with Gasteiger partial charge >= 0.3 is 0 Å². The van der Waals surface area contributed by atoms with Crippen LogP contribution in [0.3, 0.4) is 0 Å². The Morgan fingerprint density at radius 1 is 1.23 bits per heavy atom. The van der Waals surface area contributed by atoms with Crippen molar-refractivity contribution in [2.45, 2.75) is 19.8 Å². The quantitative estimate of drug-likeness (QED) is 0.279. The average Bonchev–Trinajstić information content (AvgIpc) is 3.01. The van der Waals surface area contributed by atoms with Gasteiger partial charge in [0.05, 0.1) is 5.01 Å². The highest BCUT2D eigenvalue weighted by Crippen LogP contribution is 2.14. The van der Waals surface area contributed by atoms with Crippen molar-refractivity contribution in [2.75, 3.05) is 25.5 Å². The molecule has 0 spiro atoms. The van der Waals surface area contributed by atoms with Crippen LogP contribution in [-0.2, 0) is 11.2 Å². The Morgan fingerprint density at radius 3 is 2.54 bits per heavy atom. The Balaban J connectivity index is 0.00000338. The van der Waals surface area contributed by atoms with E-state index in [1.54, 1.807) is 18.4 Å². The Morgan fingerprint density at radius 2 is 1.92 bits per heavy atom. The summed E-state index contributed by atoms with van der Waals surface area (Å²) in [5.41, 5.74) is 0.787. The molecule has 0 aliphatic carbocycles. The molecule has 0 fully saturated rings. The number of hydrogen-bond donors (Lipinski definition) is 3. The van der Waals surface area contributed by atoms with Gasteiger partial charge in [-0.1, -0.05) is 15.9 Å². The van der Waals surface area contributed by atoms with Crippen LogP contribution in [-0.4, -0.2) is 37.0 Å². The zero-order valence-corrected chi connectivity index (χ0v) is 19.4. The molecule has 1 aromatic carbocycles. The van der Waals surface area contributed by atoms with Gasteiger partial charge in [-0.05, 0) is 31.2 Å². The SMILES string of the molecule is CN=C(NCCC(=O)Nc1ccc(Br)cc1)NCCc1ncc(C)s1.I. The van der Waals surface area contributed by atoms with Gasteiger partial charge in [0, 0.05) is 54.2 Å². The first-order valence-electron chi connectivity index (χ1n) is 7.98. The van der Waals surface area contributed by atoms with Crippen molar-refractivity contribution >= 4 is 68.8 Å². The van der Waals surface area contributed by atoms with E-state index in [4.69, 9.17) is 0 Å². The van der Waals surface area contributed by atoms with Gasteiger partial charge in [0.1, 0.15) is 0 Å². The number of aliphatic imine (C=N–C) groups is 1. The molecule has 3 N–H and O–H groups in total. The Hall–Kier alpha value is -1.20. The van der Waals surface area contributed by atoms with Gasteiger partial charge in [-0.15, -0.1) is 35.3 Å². The molecular weight excluding hydrogens is 529 g/mol. The predicted molar refractivity (Wildman–Crippen MR) is 123 cm³/mol. The summed E-state index contributed by atoms with van der Waals surface area (Å²) in [5, 5.41) is 10.3. The van der Waals surface area contributed by atoms with E-state index >= 15 is 0 Å². The van der Waals surface area contributed by atoms with E-state index in [9.17, 15) is 4.79 Å². The normalized spacial score (nSPS) is 10.8. The van der Waals surface area contributed by atoms with Crippen molar-refractivity contribution in [3.63, 3.8) is 0 Å². The molecule has 142 valence electrons. The van der Waals surface area contributed by atoms with E-state index in [1.807, 2.05) is 30.5 Å². The van der Waals surface area contributed by atoms with Crippen LogP contribution in [0.5, 0.6) is 0 Å². The maximum atomic E-state index is 11.9. The number of carbonyl (C=O) groups is 1.